The minimum absolute atomic E-state index is 0. The van der Waals surface area contributed by atoms with Crippen LogP contribution in [0.3, 0.4) is 0 Å². The second-order valence-corrected chi connectivity index (χ2v) is 0. The van der Waals surface area contributed by atoms with Crippen molar-refractivity contribution in [3.63, 3.8) is 0 Å². The topological polar surface area (TPSA) is 57.0 Å². The number of rotatable bonds is 0. The third-order valence-electron chi connectivity index (χ3n) is 0. The second-order valence-electron chi connectivity index (χ2n) is 0. The van der Waals surface area contributed by atoms with Crippen LogP contribution in [0, 0.1) is 0 Å². The fourth-order valence-electron chi connectivity index (χ4n) is 0. The Morgan fingerprint density at radius 3 is 0.800 bits per heavy atom. The Kier molecular flexibility index (Phi) is 382. The van der Waals surface area contributed by atoms with Crippen LogP contribution in [0.25, 0.3) is 0 Å². The van der Waals surface area contributed by atoms with Gasteiger partial charge in [-0.3, -0.25) is 0 Å². The molecule has 0 aromatic rings. The Morgan fingerprint density at radius 2 is 0.800 bits per heavy atom. The Bertz CT molecular complexity index is 9.61. The first-order chi connectivity index (χ1) is 0. The summed E-state index contributed by atoms with van der Waals surface area (Å²) in [5.41, 5.74) is 0. The summed E-state index contributed by atoms with van der Waals surface area (Å²) in [6.07, 6.45) is 0. The first kappa shape index (κ1) is 56.1. The normalized spacial score (nSPS) is 0. The van der Waals surface area contributed by atoms with Gasteiger partial charge in [0.15, 0.2) is 0 Å². The quantitative estimate of drug-likeness (QED) is 0.422. The van der Waals surface area contributed by atoms with Crippen LogP contribution in [0.1, 0.15) is 0 Å². The summed E-state index contributed by atoms with van der Waals surface area (Å²) < 4.78 is 0. The molecule has 0 aromatic heterocycles. The van der Waals surface area contributed by atoms with Crippen molar-refractivity contribution < 1.29 is 32.7 Å². The van der Waals surface area contributed by atoms with Crippen molar-refractivity contribution in [1.82, 2.24) is 0 Å². The van der Waals surface area contributed by atoms with Gasteiger partial charge in [-0.05, 0) is 0 Å². The summed E-state index contributed by atoms with van der Waals surface area (Å²) in [6, 6.07) is 0. The Labute approximate surface area is 82.6 Å². The molecule has 0 rings (SSSR count). The maximum atomic E-state index is 0. The van der Waals surface area contributed by atoms with Crippen LogP contribution in [0.2, 0.25) is 0 Å². The molecule has 0 aromatic carbocycles. The molecule has 0 aliphatic carbocycles. The van der Waals surface area contributed by atoms with Gasteiger partial charge >= 0.3 is 59.5 Å². The van der Waals surface area contributed by atoms with Crippen molar-refractivity contribution in [1.29, 1.82) is 0 Å². The van der Waals surface area contributed by atoms with Crippen molar-refractivity contribution in [2.24, 2.45) is 0 Å². The third-order valence-corrected chi connectivity index (χ3v) is 0. The second kappa shape index (κ2) is 34.1. The van der Waals surface area contributed by atoms with Crippen molar-refractivity contribution >= 4 is 51.2 Å². The van der Waals surface area contributed by atoms with E-state index in [-0.39, 0.29) is 83.9 Å². The van der Waals surface area contributed by atoms with Crippen molar-refractivity contribution in [3.05, 3.63) is 0 Å². The van der Waals surface area contributed by atoms with Gasteiger partial charge in [0.05, 0.1) is 0 Å². The zero-order valence-electron chi connectivity index (χ0n) is 2.52. The summed E-state index contributed by atoms with van der Waals surface area (Å²) in [7, 11) is 0. The zero-order valence-corrected chi connectivity index (χ0v) is 7.29. The van der Waals surface area contributed by atoms with E-state index in [1.54, 1.807) is 0 Å². The minimum Gasteiger partial charge on any atom is -2.00 e. The van der Waals surface area contributed by atoms with Crippen molar-refractivity contribution in [2.45, 2.75) is 0 Å². The molecule has 0 aliphatic rings. The standard InChI is InChI=1S/Ca.2O.H2S.Ti/h;;;1H2;/q+2;2*-2;;+4. The first-order valence-electron chi connectivity index (χ1n) is 0. The molecule has 0 aliphatic heterocycles. The van der Waals surface area contributed by atoms with E-state index in [1.165, 1.54) is 0 Å². The molecule has 0 unspecified atom stereocenters. The smallest absolute Gasteiger partial charge is 2.00 e. The van der Waals surface area contributed by atoms with Gasteiger partial charge in [-0.2, -0.15) is 13.5 Å². The molecular formula is H2CaO2STi+2. The Morgan fingerprint density at radius 1 is 0.800 bits per heavy atom. The zero-order chi connectivity index (χ0) is 0. The molecule has 0 heterocycles. The average Bonchev–Trinajstić information content (AvgIpc) is 0. The average molecular weight is 154 g/mol. The van der Waals surface area contributed by atoms with Crippen molar-refractivity contribution in [3.8, 4) is 0 Å². The van der Waals surface area contributed by atoms with E-state index in [1.807, 2.05) is 0 Å². The van der Waals surface area contributed by atoms with Gasteiger partial charge in [-0.25, -0.2) is 0 Å². The molecule has 5 heavy (non-hydrogen) atoms. The summed E-state index contributed by atoms with van der Waals surface area (Å²) in [5, 5.41) is 0. The number of hydrogen-bond donors (Lipinski definition) is 0. The molecule has 0 saturated carbocycles. The predicted molar refractivity (Wildman–Crippen MR) is 17.5 cm³/mol. The SMILES string of the molecule is S.[Ca+2].[O-2].[O-2].[Ti+4]. The summed E-state index contributed by atoms with van der Waals surface area (Å²) >= 11 is 0. The largest absolute Gasteiger partial charge is 4.00 e. The maximum absolute atomic E-state index is 0. The van der Waals surface area contributed by atoms with Gasteiger partial charge in [0.25, 0.3) is 0 Å². The van der Waals surface area contributed by atoms with E-state index < -0.39 is 0 Å². The van der Waals surface area contributed by atoms with E-state index in [4.69, 9.17) is 0 Å². The van der Waals surface area contributed by atoms with Crippen LogP contribution in [0.15, 0.2) is 0 Å². The molecule has 0 bridgehead atoms. The molecule has 0 radical (unpaired) electrons. The van der Waals surface area contributed by atoms with Crippen LogP contribution >= 0.6 is 13.5 Å². The van der Waals surface area contributed by atoms with Gasteiger partial charge < -0.3 is 11.0 Å². The van der Waals surface area contributed by atoms with Crippen molar-refractivity contribution in [2.75, 3.05) is 0 Å². The Balaban J connectivity index is 0. The van der Waals surface area contributed by atoms with Crippen LogP contribution in [-0.2, 0) is 32.7 Å². The fourth-order valence-corrected chi connectivity index (χ4v) is 0. The van der Waals surface area contributed by atoms with E-state index >= 15 is 0 Å². The monoisotopic (exact) mass is 154 g/mol. The molecule has 5 heteroatoms. The van der Waals surface area contributed by atoms with Gasteiger partial charge in [0.1, 0.15) is 0 Å². The minimum atomic E-state index is 0. The Hall–Kier alpha value is 2.24. The van der Waals surface area contributed by atoms with Gasteiger partial charge in [0.2, 0.25) is 0 Å². The van der Waals surface area contributed by atoms with E-state index in [0.29, 0.717) is 0 Å². The maximum Gasteiger partial charge on any atom is 4.00 e. The summed E-state index contributed by atoms with van der Waals surface area (Å²) in [6.45, 7) is 0. The van der Waals surface area contributed by atoms with Gasteiger partial charge in [0, 0.05) is 0 Å². The molecule has 2 nitrogen and oxygen atoms in total. The third kappa shape index (κ3) is 22.3. The molecule has 24 valence electrons. The van der Waals surface area contributed by atoms with Crippen LogP contribution < -0.4 is 0 Å². The van der Waals surface area contributed by atoms with Crippen LogP contribution in [0.5, 0.6) is 0 Å². The molecular weight excluding hydrogens is 152 g/mol. The molecule has 0 fully saturated rings. The fraction of sp³-hybridized carbons (Fsp3) is 0. The molecule has 0 amide bonds. The van der Waals surface area contributed by atoms with Gasteiger partial charge in [-0.15, -0.1) is 0 Å². The van der Waals surface area contributed by atoms with E-state index in [9.17, 15) is 0 Å². The van der Waals surface area contributed by atoms with E-state index in [0.717, 1.165) is 0 Å². The van der Waals surface area contributed by atoms with E-state index in [2.05, 4.69) is 0 Å². The molecule has 0 N–H and O–H groups in total. The molecule has 0 spiro atoms. The molecule has 0 atom stereocenters. The summed E-state index contributed by atoms with van der Waals surface area (Å²) in [5.74, 6) is 0. The van der Waals surface area contributed by atoms with Crippen LogP contribution in [0.4, 0.5) is 0 Å². The molecule has 0 saturated heterocycles. The number of hydrogen-bond acceptors (Lipinski definition) is 0. The predicted octanol–water partition coefficient (Wildman–Crippen LogP) is -0.508. The van der Waals surface area contributed by atoms with Crippen LogP contribution in [-0.4, -0.2) is 37.7 Å². The summed E-state index contributed by atoms with van der Waals surface area (Å²) in [4.78, 5) is 0. The first-order valence-corrected chi connectivity index (χ1v) is 0. The van der Waals surface area contributed by atoms with Gasteiger partial charge in [-0.1, -0.05) is 0 Å².